The molecule has 5 nitrogen and oxygen atoms in total. The summed E-state index contributed by atoms with van der Waals surface area (Å²) in [6, 6.07) is 6.54. The van der Waals surface area contributed by atoms with E-state index >= 15 is 0 Å². The van der Waals surface area contributed by atoms with E-state index in [1.807, 2.05) is 0 Å². The molecule has 0 bridgehead atoms. The number of hydrogen-bond acceptors (Lipinski definition) is 5. The normalized spacial score (nSPS) is 14.8. The molecule has 1 aromatic rings. The van der Waals surface area contributed by atoms with Crippen molar-refractivity contribution in [3.8, 4) is 5.75 Å². The van der Waals surface area contributed by atoms with Crippen molar-refractivity contribution in [1.29, 1.82) is 0 Å². The number of amides is 2. The molecule has 2 amide bonds. The van der Waals surface area contributed by atoms with Gasteiger partial charge < -0.3 is 9.84 Å². The van der Waals surface area contributed by atoms with E-state index in [2.05, 4.69) is 4.74 Å². The number of aromatic hydroxyl groups is 1. The molecule has 1 aliphatic heterocycles. The van der Waals surface area contributed by atoms with E-state index in [9.17, 15) is 9.59 Å². The zero-order valence-corrected chi connectivity index (χ0v) is 9.77. The van der Waals surface area contributed by atoms with Crippen LogP contribution in [0.4, 0.5) is 4.79 Å². The van der Waals surface area contributed by atoms with Gasteiger partial charge in [-0.05, 0) is 24.3 Å². The highest BCUT2D eigenvalue weighted by atomic mass is 32.2. The number of thioether (sulfide) groups is 1. The Balaban J connectivity index is 1.87. The molecule has 1 N–H and O–H groups in total. The third-order valence-electron chi connectivity index (χ3n) is 2.26. The number of cyclic esters (lactones) is 1. The Hall–Kier alpha value is -1.69. The summed E-state index contributed by atoms with van der Waals surface area (Å²) in [4.78, 5) is 24.7. The van der Waals surface area contributed by atoms with Crippen LogP contribution in [0.1, 0.15) is 0 Å². The zero-order valence-electron chi connectivity index (χ0n) is 8.96. The molecular formula is C11H11NO4S. The topological polar surface area (TPSA) is 66.8 Å². The molecule has 0 radical (unpaired) electrons. The fourth-order valence-electron chi connectivity index (χ4n) is 1.39. The summed E-state index contributed by atoms with van der Waals surface area (Å²) >= 11 is 1.32. The van der Waals surface area contributed by atoms with Gasteiger partial charge >= 0.3 is 6.09 Å². The average Bonchev–Trinajstić information content (AvgIpc) is 2.74. The summed E-state index contributed by atoms with van der Waals surface area (Å²) in [6.07, 6.45) is -0.568. The molecular weight excluding hydrogens is 242 g/mol. The Morgan fingerprint density at radius 2 is 2.12 bits per heavy atom. The van der Waals surface area contributed by atoms with E-state index < -0.39 is 6.09 Å². The number of hydrogen-bond donors (Lipinski definition) is 1. The average molecular weight is 253 g/mol. The van der Waals surface area contributed by atoms with Crippen LogP contribution in [0.25, 0.3) is 0 Å². The quantitative estimate of drug-likeness (QED) is 0.826. The number of benzene rings is 1. The summed E-state index contributed by atoms with van der Waals surface area (Å²) in [5, 5.41) is 9.10. The molecule has 1 heterocycles. The molecule has 0 spiro atoms. The van der Waals surface area contributed by atoms with E-state index in [1.165, 1.54) is 11.8 Å². The van der Waals surface area contributed by atoms with Crippen LogP contribution in [0.3, 0.4) is 0 Å². The number of rotatable bonds is 3. The smallest absolute Gasteiger partial charge is 0.416 e. The molecule has 1 fully saturated rings. The molecule has 0 saturated carbocycles. The van der Waals surface area contributed by atoms with Gasteiger partial charge in [0.15, 0.2) is 0 Å². The largest absolute Gasteiger partial charge is 0.508 e. The Bertz CT molecular complexity index is 432. The summed E-state index contributed by atoms with van der Waals surface area (Å²) in [5.74, 6) is 0.106. The first kappa shape index (κ1) is 11.8. The van der Waals surface area contributed by atoms with Gasteiger partial charge in [-0.3, -0.25) is 4.79 Å². The molecule has 0 atom stereocenters. The standard InChI is InChI=1S/C11H11NO4S/c13-8-1-3-9(4-2-8)17-7-10(14)12-5-6-16-11(12)15/h1-4,13H,5-7H2. The highest BCUT2D eigenvalue weighted by Gasteiger charge is 2.27. The van der Waals surface area contributed by atoms with Gasteiger partial charge in [0.25, 0.3) is 0 Å². The number of imide groups is 1. The van der Waals surface area contributed by atoms with Gasteiger partial charge in [0.2, 0.25) is 5.91 Å². The number of nitrogens with zero attached hydrogens (tertiary/aromatic N) is 1. The lowest BCUT2D eigenvalue weighted by Crippen LogP contribution is -2.32. The number of carbonyl (C=O) groups excluding carboxylic acids is 2. The highest BCUT2D eigenvalue weighted by Crippen LogP contribution is 2.21. The van der Waals surface area contributed by atoms with Crippen molar-refractivity contribution in [3.05, 3.63) is 24.3 Å². The molecule has 1 saturated heterocycles. The van der Waals surface area contributed by atoms with Crippen molar-refractivity contribution < 1.29 is 19.4 Å². The van der Waals surface area contributed by atoms with E-state index in [4.69, 9.17) is 5.11 Å². The van der Waals surface area contributed by atoms with E-state index in [0.717, 1.165) is 9.80 Å². The molecule has 17 heavy (non-hydrogen) atoms. The van der Waals surface area contributed by atoms with Crippen molar-refractivity contribution in [2.75, 3.05) is 18.9 Å². The third kappa shape index (κ3) is 2.91. The predicted octanol–water partition coefficient (Wildman–Crippen LogP) is 1.46. The fraction of sp³-hybridized carbons (Fsp3) is 0.273. The second kappa shape index (κ2) is 5.09. The second-order valence-electron chi connectivity index (χ2n) is 3.44. The van der Waals surface area contributed by atoms with Crippen LogP contribution in [0, 0.1) is 0 Å². The molecule has 0 aromatic heterocycles. The Morgan fingerprint density at radius 1 is 1.41 bits per heavy atom. The van der Waals surface area contributed by atoms with Crippen molar-refractivity contribution in [1.82, 2.24) is 4.90 Å². The maximum atomic E-state index is 11.7. The highest BCUT2D eigenvalue weighted by molar-refractivity contribution is 8.00. The lowest BCUT2D eigenvalue weighted by Gasteiger charge is -2.09. The van der Waals surface area contributed by atoms with E-state index in [1.54, 1.807) is 24.3 Å². The Morgan fingerprint density at radius 3 is 2.71 bits per heavy atom. The Labute approximate surface area is 102 Å². The van der Waals surface area contributed by atoms with Crippen LogP contribution >= 0.6 is 11.8 Å². The minimum Gasteiger partial charge on any atom is -0.508 e. The molecule has 0 aliphatic carbocycles. The van der Waals surface area contributed by atoms with Crippen LogP contribution in [0.5, 0.6) is 5.75 Å². The summed E-state index contributed by atoms with van der Waals surface area (Å²) in [7, 11) is 0. The maximum absolute atomic E-state index is 11.7. The van der Waals surface area contributed by atoms with Crippen molar-refractivity contribution in [2.45, 2.75) is 4.90 Å². The monoisotopic (exact) mass is 253 g/mol. The minimum absolute atomic E-state index is 0.180. The lowest BCUT2D eigenvalue weighted by molar-refractivity contribution is -0.124. The van der Waals surface area contributed by atoms with Gasteiger partial charge in [0, 0.05) is 4.90 Å². The van der Waals surface area contributed by atoms with Gasteiger partial charge in [-0.1, -0.05) is 0 Å². The molecule has 1 aromatic carbocycles. The first-order valence-electron chi connectivity index (χ1n) is 5.06. The molecule has 0 unspecified atom stereocenters. The SMILES string of the molecule is O=C(CSc1ccc(O)cc1)N1CCOC1=O. The zero-order chi connectivity index (χ0) is 12.3. The first-order chi connectivity index (χ1) is 8.16. The summed E-state index contributed by atoms with van der Waals surface area (Å²) in [6.45, 7) is 0.599. The van der Waals surface area contributed by atoms with Gasteiger partial charge in [0.05, 0.1) is 12.3 Å². The minimum atomic E-state index is -0.568. The van der Waals surface area contributed by atoms with Gasteiger partial charge in [-0.15, -0.1) is 11.8 Å². The van der Waals surface area contributed by atoms with Gasteiger partial charge in [-0.2, -0.15) is 0 Å². The summed E-state index contributed by atoms with van der Waals surface area (Å²) < 4.78 is 4.68. The van der Waals surface area contributed by atoms with Crippen molar-refractivity contribution in [2.24, 2.45) is 0 Å². The molecule has 1 aliphatic rings. The van der Waals surface area contributed by atoms with E-state index in [-0.39, 0.29) is 24.0 Å². The van der Waals surface area contributed by atoms with Gasteiger partial charge in [0.1, 0.15) is 12.4 Å². The first-order valence-corrected chi connectivity index (χ1v) is 6.04. The fourth-order valence-corrected chi connectivity index (χ4v) is 2.16. The van der Waals surface area contributed by atoms with Crippen LogP contribution in [-0.4, -0.2) is 40.9 Å². The van der Waals surface area contributed by atoms with Crippen LogP contribution in [0.2, 0.25) is 0 Å². The van der Waals surface area contributed by atoms with E-state index in [0.29, 0.717) is 6.54 Å². The van der Waals surface area contributed by atoms with Crippen molar-refractivity contribution in [3.63, 3.8) is 0 Å². The van der Waals surface area contributed by atoms with Crippen LogP contribution in [0.15, 0.2) is 29.2 Å². The molecule has 2 rings (SSSR count). The summed E-state index contributed by atoms with van der Waals surface area (Å²) in [5.41, 5.74) is 0. The number of phenols is 1. The molecule has 6 heteroatoms. The molecule has 90 valence electrons. The Kier molecular flexibility index (Phi) is 3.53. The number of ether oxygens (including phenoxy) is 1. The lowest BCUT2D eigenvalue weighted by atomic mass is 10.3. The van der Waals surface area contributed by atoms with Crippen LogP contribution in [-0.2, 0) is 9.53 Å². The predicted molar refractivity (Wildman–Crippen MR) is 61.9 cm³/mol. The number of phenolic OH excluding ortho intramolecular Hbond substituents is 1. The van der Waals surface area contributed by atoms with Crippen molar-refractivity contribution >= 4 is 23.8 Å². The second-order valence-corrected chi connectivity index (χ2v) is 4.49. The third-order valence-corrected chi connectivity index (χ3v) is 3.26. The van der Waals surface area contributed by atoms with Crippen LogP contribution < -0.4 is 0 Å². The number of carbonyl (C=O) groups is 2. The van der Waals surface area contributed by atoms with Gasteiger partial charge in [-0.25, -0.2) is 9.69 Å². The maximum Gasteiger partial charge on any atom is 0.416 e.